The molecule has 0 N–H and O–H groups in total. The van der Waals surface area contributed by atoms with Crippen molar-refractivity contribution in [3.63, 3.8) is 0 Å². The fourth-order valence-electron chi connectivity index (χ4n) is 9.00. The second-order valence-electron chi connectivity index (χ2n) is 14.0. The minimum absolute atomic E-state index is 0.892. The summed E-state index contributed by atoms with van der Waals surface area (Å²) in [4.78, 5) is 5.60. The van der Waals surface area contributed by atoms with Crippen molar-refractivity contribution in [3.05, 3.63) is 182 Å². The van der Waals surface area contributed by atoms with Crippen LogP contribution in [0.1, 0.15) is 0 Å². The molecular weight excluding hydrogens is 645 g/mol. The molecule has 4 nitrogen and oxygen atoms in total. The molecule has 0 radical (unpaired) electrons. The summed E-state index contributed by atoms with van der Waals surface area (Å²) in [6.07, 6.45) is 0. The van der Waals surface area contributed by atoms with Crippen LogP contribution in [-0.2, 0) is 0 Å². The van der Waals surface area contributed by atoms with Crippen molar-refractivity contribution in [2.24, 2.45) is 0 Å². The summed E-state index contributed by atoms with van der Waals surface area (Å²) < 4.78 is 7.06. The van der Waals surface area contributed by atoms with Gasteiger partial charge < -0.3 is 4.57 Å². The van der Waals surface area contributed by atoms with Crippen molar-refractivity contribution in [2.45, 2.75) is 0 Å². The lowest BCUT2D eigenvalue weighted by Crippen LogP contribution is -2.00. The number of fused-ring (bicyclic) bond motifs is 17. The summed E-state index contributed by atoms with van der Waals surface area (Å²) in [7, 11) is 0. The number of benzene rings is 8. The highest BCUT2D eigenvalue weighted by atomic mass is 15.2. The fraction of sp³-hybridized carbons (Fsp3) is 0. The van der Waals surface area contributed by atoms with E-state index in [4.69, 9.17) is 4.98 Å². The third kappa shape index (κ3) is 3.87. The number of hydrogen-bond donors (Lipinski definition) is 0. The van der Waals surface area contributed by atoms with Gasteiger partial charge in [0.25, 0.3) is 0 Å². The molecule has 0 fully saturated rings. The molecule has 0 atom stereocenters. The lowest BCUT2D eigenvalue weighted by Gasteiger charge is -2.23. The first-order valence-corrected chi connectivity index (χ1v) is 18.2. The molecule has 53 heavy (non-hydrogen) atoms. The van der Waals surface area contributed by atoms with Gasteiger partial charge in [0, 0.05) is 22.1 Å². The van der Waals surface area contributed by atoms with Gasteiger partial charge in [0.15, 0.2) is 0 Å². The Balaban J connectivity index is 1.19. The van der Waals surface area contributed by atoms with Gasteiger partial charge in [-0.1, -0.05) is 127 Å². The van der Waals surface area contributed by atoms with Gasteiger partial charge in [-0.2, -0.15) is 0 Å². The number of imidazole rings is 2. The topological polar surface area (TPSA) is 27.2 Å². The van der Waals surface area contributed by atoms with Gasteiger partial charge in [-0.25, -0.2) is 4.98 Å². The van der Waals surface area contributed by atoms with Crippen LogP contribution in [0.2, 0.25) is 0 Å². The van der Waals surface area contributed by atoms with E-state index < -0.39 is 0 Å². The quantitative estimate of drug-likeness (QED) is 0.179. The van der Waals surface area contributed by atoms with E-state index in [0.29, 0.717) is 0 Å². The highest BCUT2D eigenvalue weighted by molar-refractivity contribution is 6.18. The van der Waals surface area contributed by atoms with Crippen LogP contribution in [0, 0.1) is 0 Å². The average molecular weight is 675 g/mol. The molecule has 1 aliphatic rings. The highest BCUT2D eigenvalue weighted by Crippen LogP contribution is 2.48. The minimum Gasteiger partial charge on any atom is -0.307 e. The Hall–Kier alpha value is -7.17. The smallest absolute Gasteiger partial charge is 0.220 e. The van der Waals surface area contributed by atoms with Gasteiger partial charge in [-0.3, -0.25) is 8.97 Å². The first-order valence-electron chi connectivity index (χ1n) is 18.2. The van der Waals surface area contributed by atoms with Gasteiger partial charge >= 0.3 is 0 Å². The molecule has 11 aromatic rings. The summed E-state index contributed by atoms with van der Waals surface area (Å²) in [5.41, 5.74) is 18.7. The Morgan fingerprint density at radius 3 is 1.51 bits per heavy atom. The predicted octanol–water partition coefficient (Wildman–Crippen LogP) is 12.5. The van der Waals surface area contributed by atoms with Gasteiger partial charge in [-0.05, 0) is 99.1 Å². The Morgan fingerprint density at radius 1 is 0.321 bits per heavy atom. The molecule has 246 valence electrons. The van der Waals surface area contributed by atoms with E-state index in [-0.39, 0.29) is 0 Å². The number of nitrogens with zero attached hydrogens (tertiary/aromatic N) is 4. The highest BCUT2D eigenvalue weighted by Gasteiger charge is 2.25. The van der Waals surface area contributed by atoms with E-state index in [2.05, 4.69) is 196 Å². The van der Waals surface area contributed by atoms with Crippen LogP contribution >= 0.6 is 0 Å². The number of para-hydroxylation sites is 4. The zero-order valence-electron chi connectivity index (χ0n) is 28.6. The van der Waals surface area contributed by atoms with Crippen molar-refractivity contribution in [1.29, 1.82) is 0 Å². The van der Waals surface area contributed by atoms with Crippen molar-refractivity contribution in [1.82, 2.24) is 18.5 Å². The van der Waals surface area contributed by atoms with Gasteiger partial charge in [0.05, 0.1) is 27.6 Å². The third-order valence-corrected chi connectivity index (χ3v) is 11.2. The van der Waals surface area contributed by atoms with Crippen LogP contribution in [-0.4, -0.2) is 18.5 Å². The van der Waals surface area contributed by atoms with Crippen LogP contribution in [0.5, 0.6) is 0 Å². The molecule has 1 aliphatic carbocycles. The zero-order valence-corrected chi connectivity index (χ0v) is 28.6. The molecule has 0 saturated heterocycles. The normalized spacial score (nSPS) is 12.2. The molecule has 0 bridgehead atoms. The Labute approximate surface area is 305 Å². The SMILES string of the molecule is c1ccc(-n2c3ccccc3c3ccc4c(nc5n(-c6ccc7c(c6)-c6ccccc6-c6ccccc6-c6ccccc6-7)c6ccccc6n45)c32)cc1. The van der Waals surface area contributed by atoms with E-state index >= 15 is 0 Å². The van der Waals surface area contributed by atoms with Crippen molar-refractivity contribution in [3.8, 4) is 55.9 Å². The molecule has 3 aromatic heterocycles. The second-order valence-corrected chi connectivity index (χ2v) is 14.0. The Morgan fingerprint density at radius 2 is 0.849 bits per heavy atom. The van der Waals surface area contributed by atoms with E-state index in [9.17, 15) is 0 Å². The standard InChI is InChI=1S/C49H30N4/c1-2-14-31(15-3-1)51-43-23-11-10-22-40(43)41-28-29-46-47(48(41)51)50-49-52(44-24-12-13-25-45(44)53(46)49)32-26-27-39-37-20-7-6-18-35(37)33-16-4-5-17-34(33)36-19-8-9-21-38(36)42(39)30-32/h1-30H. The Kier molecular flexibility index (Phi) is 5.74. The summed E-state index contributed by atoms with van der Waals surface area (Å²) >= 11 is 0. The summed E-state index contributed by atoms with van der Waals surface area (Å²) in [6.45, 7) is 0. The van der Waals surface area contributed by atoms with Crippen molar-refractivity contribution < 1.29 is 0 Å². The third-order valence-electron chi connectivity index (χ3n) is 11.2. The van der Waals surface area contributed by atoms with Crippen LogP contribution in [0.15, 0.2) is 182 Å². The van der Waals surface area contributed by atoms with E-state index in [1.54, 1.807) is 0 Å². The maximum atomic E-state index is 5.60. The number of rotatable bonds is 2. The molecule has 0 unspecified atom stereocenters. The van der Waals surface area contributed by atoms with Gasteiger partial charge in [0.2, 0.25) is 5.78 Å². The first kappa shape index (κ1) is 28.5. The monoisotopic (exact) mass is 674 g/mol. The molecule has 0 amide bonds. The molecule has 8 aromatic carbocycles. The summed E-state index contributed by atoms with van der Waals surface area (Å²) in [5.74, 6) is 0.892. The maximum Gasteiger partial charge on any atom is 0.220 e. The average Bonchev–Trinajstić information content (AvgIpc) is 3.87. The van der Waals surface area contributed by atoms with Gasteiger partial charge in [0.1, 0.15) is 5.52 Å². The summed E-state index contributed by atoms with van der Waals surface area (Å²) in [6, 6.07) is 66.0. The minimum atomic E-state index is 0.892. The lowest BCUT2D eigenvalue weighted by molar-refractivity contribution is 1.11. The van der Waals surface area contributed by atoms with Crippen LogP contribution < -0.4 is 0 Å². The lowest BCUT2D eigenvalue weighted by atomic mass is 9.81. The second kappa shape index (κ2) is 10.7. The van der Waals surface area contributed by atoms with E-state index in [1.807, 2.05) is 0 Å². The van der Waals surface area contributed by atoms with Crippen LogP contribution in [0.4, 0.5) is 0 Å². The molecule has 0 spiro atoms. The first-order chi connectivity index (χ1) is 26.3. The number of hydrogen-bond acceptors (Lipinski definition) is 1. The molecule has 0 saturated carbocycles. The molecule has 3 heterocycles. The van der Waals surface area contributed by atoms with Gasteiger partial charge in [-0.15, -0.1) is 0 Å². The molecule has 4 heteroatoms. The summed E-state index contributed by atoms with van der Waals surface area (Å²) in [5, 5.41) is 2.42. The zero-order chi connectivity index (χ0) is 34.6. The maximum absolute atomic E-state index is 5.60. The number of aromatic nitrogens is 4. The Bertz CT molecular complexity index is 3280. The largest absolute Gasteiger partial charge is 0.307 e. The van der Waals surface area contributed by atoms with Crippen LogP contribution in [0.25, 0.3) is 106 Å². The van der Waals surface area contributed by atoms with Crippen molar-refractivity contribution >= 4 is 49.7 Å². The fourth-order valence-corrected chi connectivity index (χ4v) is 9.00. The van der Waals surface area contributed by atoms with Crippen molar-refractivity contribution in [2.75, 3.05) is 0 Å². The molecule has 0 aliphatic heterocycles. The predicted molar refractivity (Wildman–Crippen MR) is 219 cm³/mol. The molecule has 12 rings (SSSR count). The van der Waals surface area contributed by atoms with E-state index in [0.717, 1.165) is 44.7 Å². The van der Waals surface area contributed by atoms with Crippen LogP contribution in [0.3, 0.4) is 0 Å². The molecular formula is C49H30N4. The van der Waals surface area contributed by atoms with E-state index in [1.165, 1.54) is 60.8 Å².